The van der Waals surface area contributed by atoms with E-state index in [1.165, 1.54) is 19.3 Å². The zero-order valence-corrected chi connectivity index (χ0v) is 16.9. The number of rotatable bonds is 7. The van der Waals surface area contributed by atoms with Gasteiger partial charge < -0.3 is 19.3 Å². The predicted octanol–water partition coefficient (Wildman–Crippen LogP) is 2.29. The van der Waals surface area contributed by atoms with Crippen molar-refractivity contribution in [1.82, 2.24) is 4.90 Å². The van der Waals surface area contributed by atoms with E-state index in [1.807, 2.05) is 30.3 Å². The summed E-state index contributed by atoms with van der Waals surface area (Å²) in [5, 5.41) is 8.91. The van der Waals surface area contributed by atoms with Crippen molar-refractivity contribution in [1.29, 1.82) is 0 Å². The fraction of sp³-hybridized carbons (Fsp3) is 0.409. The van der Waals surface area contributed by atoms with E-state index >= 15 is 0 Å². The molecule has 2 aliphatic rings. The van der Waals surface area contributed by atoms with Crippen LogP contribution in [0.1, 0.15) is 31.4 Å². The Bertz CT molecular complexity index is 848. The first-order chi connectivity index (χ1) is 14.5. The number of methoxy groups -OCH3 is 1. The summed E-state index contributed by atoms with van der Waals surface area (Å²) in [6.07, 6.45) is 1.71. The number of nitrogens with zero attached hydrogens (tertiary/aromatic N) is 1. The van der Waals surface area contributed by atoms with Crippen molar-refractivity contribution in [3.8, 4) is 0 Å². The van der Waals surface area contributed by atoms with Gasteiger partial charge in [0.25, 0.3) is 5.91 Å². The average molecular weight is 415 g/mol. The summed E-state index contributed by atoms with van der Waals surface area (Å²) in [5.41, 5.74) is 0.768. The van der Waals surface area contributed by atoms with E-state index in [0.717, 1.165) is 10.5 Å². The fourth-order valence-electron chi connectivity index (χ4n) is 3.50. The van der Waals surface area contributed by atoms with Crippen molar-refractivity contribution < 1.29 is 33.7 Å². The van der Waals surface area contributed by atoms with E-state index < -0.39 is 42.1 Å². The number of ether oxygens (including phenoxy) is 3. The van der Waals surface area contributed by atoms with Crippen molar-refractivity contribution in [3.63, 3.8) is 0 Å². The van der Waals surface area contributed by atoms with Gasteiger partial charge in [-0.1, -0.05) is 30.3 Å². The quantitative estimate of drug-likeness (QED) is 0.682. The van der Waals surface area contributed by atoms with Crippen molar-refractivity contribution in [2.24, 2.45) is 0 Å². The zero-order valence-electron chi connectivity index (χ0n) is 16.9. The van der Waals surface area contributed by atoms with Crippen LogP contribution in [0.3, 0.4) is 0 Å². The maximum Gasteiger partial charge on any atom is 0.417 e. The number of imide groups is 1. The monoisotopic (exact) mass is 415 g/mol. The van der Waals surface area contributed by atoms with E-state index in [9.17, 15) is 14.4 Å². The van der Waals surface area contributed by atoms with E-state index in [1.54, 1.807) is 13.0 Å². The van der Waals surface area contributed by atoms with E-state index in [4.69, 9.17) is 19.3 Å². The van der Waals surface area contributed by atoms with Gasteiger partial charge >= 0.3 is 6.09 Å². The first-order valence-corrected chi connectivity index (χ1v) is 9.79. The second-order valence-corrected chi connectivity index (χ2v) is 7.07. The Hall–Kier alpha value is -2.97. The van der Waals surface area contributed by atoms with Gasteiger partial charge in [-0.25, -0.2) is 9.69 Å². The van der Waals surface area contributed by atoms with Gasteiger partial charge in [-0.15, -0.1) is 0 Å². The van der Waals surface area contributed by atoms with Gasteiger partial charge in [-0.05, 0) is 43.6 Å². The van der Waals surface area contributed by atoms with Crippen molar-refractivity contribution in [3.05, 3.63) is 59.9 Å². The molecule has 1 aromatic carbocycles. The maximum atomic E-state index is 13.2. The van der Waals surface area contributed by atoms with E-state index in [-0.39, 0.29) is 6.61 Å². The number of ketones is 1. The highest BCUT2D eigenvalue weighted by atomic mass is 16.6. The molecule has 8 heteroatoms. The second kappa shape index (κ2) is 9.69. The molecule has 2 heterocycles. The number of hydrogen-bond donors (Lipinski definition) is 1. The number of unbranched alkanes of at least 4 members (excludes halogenated alkanes) is 1. The molecule has 160 valence electrons. The molecule has 1 saturated heterocycles. The highest BCUT2D eigenvalue weighted by Crippen LogP contribution is 2.33. The molecule has 1 fully saturated rings. The Morgan fingerprint density at radius 3 is 2.63 bits per heavy atom. The molecule has 0 bridgehead atoms. The van der Waals surface area contributed by atoms with Crippen LogP contribution in [-0.2, 0) is 23.8 Å². The highest BCUT2D eigenvalue weighted by molar-refractivity contribution is 6.03. The fourth-order valence-corrected chi connectivity index (χ4v) is 3.50. The predicted molar refractivity (Wildman–Crippen MR) is 106 cm³/mol. The van der Waals surface area contributed by atoms with Crippen LogP contribution < -0.4 is 0 Å². The summed E-state index contributed by atoms with van der Waals surface area (Å²) in [6, 6.07) is 8.54. The number of aliphatic hydroxyl groups is 1. The standard InChI is InChI=1S/C22H25NO7/c1-14-18(15-8-4-3-5-9-15)30-22(27)23(14)21(26)20(28-2)19-17(25)12-11-16(29-19)10-6-7-13-24/h3-5,8-12,14,18-20,24H,6-7,13H2,1-2H3/t14-,18-,19-,20-/m1/s1. The highest BCUT2D eigenvalue weighted by Gasteiger charge is 2.48. The van der Waals surface area contributed by atoms with Gasteiger partial charge in [-0.3, -0.25) is 9.59 Å². The number of allylic oxidation sites excluding steroid dienone is 2. The lowest BCUT2D eigenvalue weighted by molar-refractivity contribution is -0.153. The molecule has 0 unspecified atom stereocenters. The summed E-state index contributed by atoms with van der Waals surface area (Å²) in [5.74, 6) is -0.728. The van der Waals surface area contributed by atoms with Crippen LogP contribution in [0.5, 0.6) is 0 Å². The average Bonchev–Trinajstić information content (AvgIpc) is 3.05. The number of carbonyl (C=O) groups excluding carboxylic acids is 3. The van der Waals surface area contributed by atoms with E-state index in [2.05, 4.69) is 0 Å². The lowest BCUT2D eigenvalue weighted by Crippen LogP contribution is -2.52. The summed E-state index contributed by atoms with van der Waals surface area (Å²) >= 11 is 0. The SMILES string of the molecule is CO[C@@H](C(=O)N1C(=O)O[C@@H](c2ccccc2)[C@H]1C)[C@@H]1OC(=CCCCO)C=CC1=O. The number of aliphatic hydroxyl groups excluding tert-OH is 1. The Labute approximate surface area is 174 Å². The van der Waals surface area contributed by atoms with Gasteiger partial charge in [0.05, 0.1) is 6.04 Å². The molecule has 4 atom stereocenters. The minimum Gasteiger partial charge on any atom is -0.479 e. The Morgan fingerprint density at radius 2 is 1.97 bits per heavy atom. The minimum absolute atomic E-state index is 0.0343. The van der Waals surface area contributed by atoms with Crippen molar-refractivity contribution in [2.75, 3.05) is 13.7 Å². The number of cyclic esters (lactones) is 1. The molecule has 2 aliphatic heterocycles. The molecule has 0 radical (unpaired) electrons. The molecule has 30 heavy (non-hydrogen) atoms. The molecule has 3 rings (SSSR count). The maximum absolute atomic E-state index is 13.2. The molecule has 2 amide bonds. The van der Waals surface area contributed by atoms with Crippen LogP contribution >= 0.6 is 0 Å². The second-order valence-electron chi connectivity index (χ2n) is 7.07. The number of carbonyl (C=O) groups is 3. The largest absolute Gasteiger partial charge is 0.479 e. The lowest BCUT2D eigenvalue weighted by Gasteiger charge is -2.30. The zero-order chi connectivity index (χ0) is 21.7. The van der Waals surface area contributed by atoms with Gasteiger partial charge in [0.2, 0.25) is 0 Å². The first-order valence-electron chi connectivity index (χ1n) is 9.79. The van der Waals surface area contributed by atoms with Gasteiger partial charge in [0.1, 0.15) is 11.9 Å². The van der Waals surface area contributed by atoms with Gasteiger partial charge in [0, 0.05) is 13.7 Å². The summed E-state index contributed by atoms with van der Waals surface area (Å²) in [4.78, 5) is 39.0. The van der Waals surface area contributed by atoms with Gasteiger partial charge in [0.15, 0.2) is 18.0 Å². The smallest absolute Gasteiger partial charge is 0.417 e. The van der Waals surface area contributed by atoms with Crippen LogP contribution in [-0.4, -0.2) is 59.8 Å². The number of hydrogen-bond acceptors (Lipinski definition) is 7. The number of amides is 2. The summed E-state index contributed by atoms with van der Waals surface area (Å²) in [7, 11) is 1.29. The normalized spacial score (nSPS) is 25.9. The Balaban J connectivity index is 1.78. The minimum atomic E-state index is -1.31. The third-order valence-electron chi connectivity index (χ3n) is 5.07. The summed E-state index contributed by atoms with van der Waals surface area (Å²) < 4.78 is 16.4. The molecule has 0 aliphatic carbocycles. The molecule has 1 aromatic rings. The van der Waals surface area contributed by atoms with Crippen LogP contribution in [0.15, 0.2) is 54.3 Å². The Kier molecular flexibility index (Phi) is 7.02. The molecular formula is C22H25NO7. The molecule has 8 nitrogen and oxygen atoms in total. The first kappa shape index (κ1) is 21.7. The molecule has 1 N–H and O–H groups in total. The van der Waals surface area contributed by atoms with Crippen LogP contribution in [0.25, 0.3) is 0 Å². The molecular weight excluding hydrogens is 390 g/mol. The van der Waals surface area contributed by atoms with E-state index in [0.29, 0.717) is 18.6 Å². The third kappa shape index (κ3) is 4.44. The molecule has 0 aromatic heterocycles. The van der Waals surface area contributed by atoms with Crippen LogP contribution in [0.4, 0.5) is 4.79 Å². The lowest BCUT2D eigenvalue weighted by atomic mass is 10.0. The number of benzene rings is 1. The van der Waals surface area contributed by atoms with Crippen molar-refractivity contribution >= 4 is 17.8 Å². The van der Waals surface area contributed by atoms with Crippen LogP contribution in [0.2, 0.25) is 0 Å². The van der Waals surface area contributed by atoms with Crippen molar-refractivity contribution in [2.45, 2.75) is 44.1 Å². The van der Waals surface area contributed by atoms with Gasteiger partial charge in [-0.2, -0.15) is 0 Å². The summed E-state index contributed by atoms with van der Waals surface area (Å²) in [6.45, 7) is 1.74. The molecule has 0 spiro atoms. The van der Waals surface area contributed by atoms with Crippen LogP contribution in [0, 0.1) is 0 Å². The third-order valence-corrected chi connectivity index (χ3v) is 5.07. The Morgan fingerprint density at radius 1 is 1.23 bits per heavy atom. The molecule has 0 saturated carbocycles. The topological polar surface area (TPSA) is 102 Å².